The number of benzene rings is 1. The number of carbonyl (C=O) groups is 1. The maximum Gasteiger partial charge on any atom is 0.244 e. The smallest absolute Gasteiger partial charge is 0.244 e. The predicted octanol–water partition coefficient (Wildman–Crippen LogP) is 1.70. The van der Waals surface area contributed by atoms with Crippen molar-refractivity contribution in [3.8, 4) is 0 Å². The number of nitrogens with two attached hydrogens (primary N) is 1. The van der Waals surface area contributed by atoms with Crippen LogP contribution in [-0.4, -0.2) is 15.9 Å². The molecule has 3 N–H and O–H groups in total. The van der Waals surface area contributed by atoms with Gasteiger partial charge in [-0.05, 0) is 30.7 Å². The van der Waals surface area contributed by atoms with E-state index in [2.05, 4.69) is 15.3 Å². The molecule has 5 nitrogen and oxygen atoms in total. The Hall–Kier alpha value is -2.69. The number of rotatable bonds is 4. The van der Waals surface area contributed by atoms with Crippen molar-refractivity contribution in [1.82, 2.24) is 15.3 Å². The Morgan fingerprint density at radius 3 is 2.65 bits per heavy atom. The van der Waals surface area contributed by atoms with Crippen molar-refractivity contribution in [2.24, 2.45) is 0 Å². The number of nitrogen functional groups attached to an aromatic ring is 1. The summed E-state index contributed by atoms with van der Waals surface area (Å²) >= 11 is 0. The zero-order chi connectivity index (χ0) is 14.4. The van der Waals surface area contributed by atoms with Crippen LogP contribution in [0.3, 0.4) is 0 Å². The average molecular weight is 268 g/mol. The first-order valence-corrected chi connectivity index (χ1v) is 6.22. The van der Waals surface area contributed by atoms with Gasteiger partial charge < -0.3 is 11.1 Å². The highest BCUT2D eigenvalue weighted by Crippen LogP contribution is 2.06. The number of hydrogen-bond donors (Lipinski definition) is 2. The molecule has 0 saturated carbocycles. The molecule has 0 atom stereocenters. The summed E-state index contributed by atoms with van der Waals surface area (Å²) in [6.45, 7) is 2.23. The third-order valence-electron chi connectivity index (χ3n) is 2.64. The molecule has 0 aliphatic rings. The van der Waals surface area contributed by atoms with E-state index in [-0.39, 0.29) is 5.91 Å². The second-order valence-corrected chi connectivity index (χ2v) is 4.37. The van der Waals surface area contributed by atoms with Crippen LogP contribution in [0, 0.1) is 6.92 Å². The molecular weight excluding hydrogens is 252 g/mol. The Bertz CT molecular complexity index is 603. The lowest BCUT2D eigenvalue weighted by Gasteiger charge is -2.01. The summed E-state index contributed by atoms with van der Waals surface area (Å²) in [4.78, 5) is 19.9. The average Bonchev–Trinajstić information content (AvgIpc) is 2.46. The van der Waals surface area contributed by atoms with Crippen molar-refractivity contribution in [2.75, 3.05) is 5.73 Å². The minimum Gasteiger partial charge on any atom is -0.399 e. The molecule has 1 amide bonds. The zero-order valence-electron chi connectivity index (χ0n) is 11.2. The summed E-state index contributed by atoms with van der Waals surface area (Å²) in [5.74, 6) is -0.177. The highest BCUT2D eigenvalue weighted by Gasteiger charge is 1.98. The first-order valence-electron chi connectivity index (χ1n) is 6.22. The van der Waals surface area contributed by atoms with Crippen molar-refractivity contribution in [3.05, 3.63) is 59.7 Å². The van der Waals surface area contributed by atoms with Gasteiger partial charge in [0.15, 0.2) is 0 Å². The summed E-state index contributed by atoms with van der Waals surface area (Å²) in [7, 11) is 0. The Balaban J connectivity index is 1.86. The molecule has 1 heterocycles. The molecule has 2 rings (SSSR count). The number of nitrogens with zero attached hydrogens (tertiary/aromatic N) is 2. The number of amides is 1. The van der Waals surface area contributed by atoms with Gasteiger partial charge in [-0.25, -0.2) is 0 Å². The molecule has 0 fully saturated rings. The summed E-state index contributed by atoms with van der Waals surface area (Å²) in [5.41, 5.74) is 8.79. The first-order chi connectivity index (χ1) is 9.63. The number of hydrogen-bond acceptors (Lipinski definition) is 4. The first kappa shape index (κ1) is 13.7. The van der Waals surface area contributed by atoms with Gasteiger partial charge in [-0.15, -0.1) is 0 Å². The van der Waals surface area contributed by atoms with Crippen LogP contribution in [0.15, 0.2) is 42.7 Å². The van der Waals surface area contributed by atoms with Crippen LogP contribution in [0.25, 0.3) is 6.08 Å². The monoisotopic (exact) mass is 268 g/mol. The van der Waals surface area contributed by atoms with Crippen LogP contribution in [0.5, 0.6) is 0 Å². The topological polar surface area (TPSA) is 80.9 Å². The summed E-state index contributed by atoms with van der Waals surface area (Å²) in [6.07, 6.45) is 6.54. The molecule has 1 aromatic carbocycles. The second kappa shape index (κ2) is 6.47. The zero-order valence-corrected chi connectivity index (χ0v) is 11.2. The fourth-order valence-corrected chi connectivity index (χ4v) is 1.53. The Labute approximate surface area is 117 Å². The summed E-state index contributed by atoms with van der Waals surface area (Å²) in [6, 6.07) is 7.29. The van der Waals surface area contributed by atoms with E-state index in [1.54, 1.807) is 30.6 Å². The van der Waals surface area contributed by atoms with Crippen LogP contribution in [0.1, 0.15) is 17.0 Å². The van der Waals surface area contributed by atoms with Gasteiger partial charge in [0.2, 0.25) is 5.91 Å². The van der Waals surface area contributed by atoms with Crippen molar-refractivity contribution in [1.29, 1.82) is 0 Å². The lowest BCUT2D eigenvalue weighted by Crippen LogP contribution is -2.21. The van der Waals surface area contributed by atoms with Crippen molar-refractivity contribution in [3.63, 3.8) is 0 Å². The van der Waals surface area contributed by atoms with E-state index in [4.69, 9.17) is 5.73 Å². The minimum absolute atomic E-state index is 0.177. The van der Waals surface area contributed by atoms with Crippen molar-refractivity contribution < 1.29 is 4.79 Å². The van der Waals surface area contributed by atoms with E-state index in [0.29, 0.717) is 12.2 Å². The molecule has 20 heavy (non-hydrogen) atoms. The molecule has 0 aliphatic heterocycles. The Kier molecular flexibility index (Phi) is 4.44. The molecule has 0 spiro atoms. The van der Waals surface area contributed by atoms with Crippen LogP contribution in [0.2, 0.25) is 0 Å². The standard InChI is InChI=1S/C15H16N4O/c1-11-8-18-14(9-17-11)10-19-15(20)7-4-12-2-5-13(16)6-3-12/h2-9H,10,16H2,1H3,(H,19,20)/b7-4+. The fourth-order valence-electron chi connectivity index (χ4n) is 1.53. The van der Waals surface area contributed by atoms with E-state index in [1.165, 1.54) is 6.08 Å². The lowest BCUT2D eigenvalue weighted by molar-refractivity contribution is -0.116. The van der Waals surface area contributed by atoms with Crippen LogP contribution >= 0.6 is 0 Å². The molecule has 5 heteroatoms. The molecule has 0 bridgehead atoms. The Morgan fingerprint density at radius 2 is 2.00 bits per heavy atom. The van der Waals surface area contributed by atoms with Gasteiger partial charge in [0.25, 0.3) is 0 Å². The third-order valence-corrected chi connectivity index (χ3v) is 2.64. The molecule has 102 valence electrons. The number of aromatic nitrogens is 2. The van der Waals surface area contributed by atoms with Gasteiger partial charge >= 0.3 is 0 Å². The SMILES string of the molecule is Cc1cnc(CNC(=O)/C=C/c2ccc(N)cc2)cn1. The molecular formula is C15H16N4O. The quantitative estimate of drug-likeness (QED) is 0.653. The van der Waals surface area contributed by atoms with Crippen molar-refractivity contribution in [2.45, 2.75) is 13.5 Å². The summed E-state index contributed by atoms with van der Waals surface area (Å²) in [5, 5.41) is 2.75. The van der Waals surface area contributed by atoms with E-state index < -0.39 is 0 Å². The van der Waals surface area contributed by atoms with Gasteiger partial charge in [0, 0.05) is 18.0 Å². The highest BCUT2D eigenvalue weighted by molar-refractivity contribution is 5.91. The van der Waals surface area contributed by atoms with Gasteiger partial charge in [-0.2, -0.15) is 0 Å². The molecule has 1 aromatic heterocycles. The molecule has 0 radical (unpaired) electrons. The van der Waals surface area contributed by atoms with E-state index in [0.717, 1.165) is 17.0 Å². The predicted molar refractivity (Wildman–Crippen MR) is 78.5 cm³/mol. The number of nitrogens with one attached hydrogen (secondary N) is 1. The largest absolute Gasteiger partial charge is 0.399 e. The van der Waals surface area contributed by atoms with E-state index in [1.807, 2.05) is 19.1 Å². The van der Waals surface area contributed by atoms with Crippen molar-refractivity contribution >= 4 is 17.7 Å². The van der Waals surface area contributed by atoms with Crippen LogP contribution in [-0.2, 0) is 11.3 Å². The van der Waals surface area contributed by atoms with Crippen LogP contribution in [0.4, 0.5) is 5.69 Å². The lowest BCUT2D eigenvalue weighted by atomic mass is 10.2. The maximum absolute atomic E-state index is 11.7. The van der Waals surface area contributed by atoms with E-state index >= 15 is 0 Å². The maximum atomic E-state index is 11.7. The number of aryl methyl sites for hydroxylation is 1. The van der Waals surface area contributed by atoms with Gasteiger partial charge in [-0.3, -0.25) is 14.8 Å². The molecule has 0 aliphatic carbocycles. The minimum atomic E-state index is -0.177. The summed E-state index contributed by atoms with van der Waals surface area (Å²) < 4.78 is 0. The highest BCUT2D eigenvalue weighted by atomic mass is 16.1. The van der Waals surface area contributed by atoms with Gasteiger partial charge in [-0.1, -0.05) is 12.1 Å². The number of carbonyl (C=O) groups excluding carboxylic acids is 1. The fraction of sp³-hybridized carbons (Fsp3) is 0.133. The Morgan fingerprint density at radius 1 is 1.25 bits per heavy atom. The van der Waals surface area contributed by atoms with Gasteiger partial charge in [0.05, 0.1) is 24.1 Å². The molecule has 0 saturated heterocycles. The van der Waals surface area contributed by atoms with Gasteiger partial charge in [0.1, 0.15) is 0 Å². The molecule has 0 unspecified atom stereocenters. The van der Waals surface area contributed by atoms with Crippen LogP contribution < -0.4 is 11.1 Å². The van der Waals surface area contributed by atoms with E-state index in [9.17, 15) is 4.79 Å². The number of anilines is 1. The molecule has 2 aromatic rings. The normalized spacial score (nSPS) is 10.7. The third kappa shape index (κ3) is 4.20. The second-order valence-electron chi connectivity index (χ2n) is 4.37.